The monoisotopic (exact) mass is 382 g/mol. The van der Waals surface area contributed by atoms with E-state index >= 15 is 0 Å². The molecule has 0 heterocycles. The number of hydrogen-bond acceptors (Lipinski definition) is 4. The van der Waals surface area contributed by atoms with Crippen molar-refractivity contribution >= 4 is 17.8 Å². The Labute approximate surface area is 165 Å². The van der Waals surface area contributed by atoms with E-state index in [1.807, 2.05) is 44.2 Å². The molecule has 0 spiro atoms. The highest BCUT2D eigenvalue weighted by Crippen LogP contribution is 2.13. The predicted molar refractivity (Wildman–Crippen MR) is 107 cm³/mol. The summed E-state index contributed by atoms with van der Waals surface area (Å²) in [5.41, 5.74) is 3.62. The number of carbonyl (C=O) groups is 3. The minimum atomic E-state index is -0.670. The van der Waals surface area contributed by atoms with Crippen molar-refractivity contribution in [2.45, 2.75) is 33.2 Å². The summed E-state index contributed by atoms with van der Waals surface area (Å²) in [6, 6.07) is 14.8. The molecule has 0 aliphatic rings. The van der Waals surface area contributed by atoms with E-state index in [-0.39, 0.29) is 18.5 Å². The highest BCUT2D eigenvalue weighted by Gasteiger charge is 2.13. The first-order chi connectivity index (χ1) is 13.4. The van der Waals surface area contributed by atoms with Crippen molar-refractivity contribution in [3.8, 4) is 0 Å². The number of nitrogens with one attached hydrogen (secondary N) is 2. The first-order valence-corrected chi connectivity index (χ1v) is 9.27. The Hall–Kier alpha value is -3.15. The Morgan fingerprint density at radius 1 is 1.07 bits per heavy atom. The summed E-state index contributed by atoms with van der Waals surface area (Å²) < 4.78 is 4.92. The molecule has 0 aliphatic heterocycles. The number of ether oxygens (including phenoxy) is 1. The summed E-state index contributed by atoms with van der Waals surface area (Å²) in [6.45, 7) is 5.13. The molecular weight excluding hydrogens is 356 g/mol. The van der Waals surface area contributed by atoms with Crippen LogP contribution in [0.25, 0.3) is 0 Å². The Bertz CT molecular complexity index is 831. The van der Waals surface area contributed by atoms with E-state index in [0.29, 0.717) is 5.56 Å². The average molecular weight is 382 g/mol. The summed E-state index contributed by atoms with van der Waals surface area (Å²) in [5, 5.41) is 5.26. The maximum atomic E-state index is 12.0. The maximum absolute atomic E-state index is 12.0. The lowest BCUT2D eigenvalue weighted by molar-refractivity contribution is -0.147. The summed E-state index contributed by atoms with van der Waals surface area (Å²) in [7, 11) is 0. The fraction of sp³-hybridized carbons (Fsp3) is 0.318. The van der Waals surface area contributed by atoms with Gasteiger partial charge in [-0.05, 0) is 43.5 Å². The molecule has 0 saturated carbocycles. The molecule has 2 rings (SSSR count). The summed E-state index contributed by atoms with van der Waals surface area (Å²) in [4.78, 5) is 35.7. The molecular formula is C22H26N2O4. The number of aryl methyl sites for hydroxylation is 2. The minimum Gasteiger partial charge on any atom is -0.454 e. The molecule has 2 aromatic carbocycles. The van der Waals surface area contributed by atoms with Crippen LogP contribution in [0.3, 0.4) is 0 Å². The molecule has 2 aromatic rings. The molecule has 0 aromatic heterocycles. The molecule has 0 bridgehead atoms. The molecule has 0 unspecified atom stereocenters. The van der Waals surface area contributed by atoms with Crippen molar-refractivity contribution in [2.24, 2.45) is 0 Å². The van der Waals surface area contributed by atoms with E-state index < -0.39 is 18.5 Å². The number of esters is 1. The van der Waals surface area contributed by atoms with E-state index in [4.69, 9.17) is 4.74 Å². The van der Waals surface area contributed by atoms with Gasteiger partial charge in [0.2, 0.25) is 0 Å². The van der Waals surface area contributed by atoms with E-state index in [1.54, 1.807) is 18.2 Å². The highest BCUT2D eigenvalue weighted by molar-refractivity contribution is 5.96. The molecule has 0 aliphatic carbocycles. The van der Waals surface area contributed by atoms with Gasteiger partial charge >= 0.3 is 5.97 Å². The fourth-order valence-corrected chi connectivity index (χ4v) is 2.65. The van der Waals surface area contributed by atoms with E-state index in [2.05, 4.69) is 17.6 Å². The second-order valence-corrected chi connectivity index (χ2v) is 6.60. The first kappa shape index (κ1) is 21.2. The largest absolute Gasteiger partial charge is 0.454 e. The van der Waals surface area contributed by atoms with Crippen LogP contribution in [-0.4, -0.2) is 30.9 Å². The number of benzene rings is 2. The van der Waals surface area contributed by atoms with Crippen molar-refractivity contribution < 1.29 is 19.1 Å². The average Bonchev–Trinajstić information content (AvgIpc) is 2.70. The lowest BCUT2D eigenvalue weighted by atomic mass is 10.1. The van der Waals surface area contributed by atoms with E-state index in [1.165, 1.54) is 5.56 Å². The second-order valence-electron chi connectivity index (χ2n) is 6.60. The zero-order chi connectivity index (χ0) is 20.5. The van der Waals surface area contributed by atoms with Gasteiger partial charge in [-0.1, -0.05) is 48.9 Å². The van der Waals surface area contributed by atoms with Gasteiger partial charge in [-0.15, -0.1) is 0 Å². The number of carbonyl (C=O) groups excluding carboxylic acids is 3. The van der Waals surface area contributed by atoms with Crippen molar-refractivity contribution in [3.05, 3.63) is 70.8 Å². The Kier molecular flexibility index (Phi) is 7.75. The fourth-order valence-electron chi connectivity index (χ4n) is 2.65. The normalized spacial score (nSPS) is 11.4. The second kappa shape index (κ2) is 10.3. The summed E-state index contributed by atoms with van der Waals surface area (Å²) >= 11 is 0. The number of amides is 2. The zero-order valence-corrected chi connectivity index (χ0v) is 16.5. The van der Waals surface area contributed by atoms with Gasteiger partial charge in [-0.3, -0.25) is 14.4 Å². The first-order valence-electron chi connectivity index (χ1n) is 9.27. The third kappa shape index (κ3) is 6.54. The Morgan fingerprint density at radius 2 is 1.79 bits per heavy atom. The molecule has 2 amide bonds. The third-order valence-corrected chi connectivity index (χ3v) is 4.30. The minimum absolute atomic E-state index is 0.196. The highest BCUT2D eigenvalue weighted by atomic mass is 16.5. The topological polar surface area (TPSA) is 84.5 Å². The van der Waals surface area contributed by atoms with Crippen molar-refractivity contribution in [2.75, 3.05) is 13.2 Å². The van der Waals surface area contributed by atoms with E-state index in [0.717, 1.165) is 17.5 Å². The van der Waals surface area contributed by atoms with Crippen LogP contribution >= 0.6 is 0 Å². The molecule has 6 heteroatoms. The third-order valence-electron chi connectivity index (χ3n) is 4.30. The van der Waals surface area contributed by atoms with Gasteiger partial charge in [0.1, 0.15) is 6.54 Å². The SMILES string of the molecule is CCc1ccc([C@H](C)NC(=O)COC(=O)CNC(=O)c2cccc(C)c2)cc1. The molecule has 2 N–H and O–H groups in total. The van der Waals surface area contributed by atoms with Crippen molar-refractivity contribution in [3.63, 3.8) is 0 Å². The lowest BCUT2D eigenvalue weighted by Gasteiger charge is -2.15. The van der Waals surface area contributed by atoms with Crippen LogP contribution in [0.2, 0.25) is 0 Å². The van der Waals surface area contributed by atoms with Crippen LogP contribution < -0.4 is 10.6 Å². The molecule has 0 radical (unpaired) electrons. The summed E-state index contributed by atoms with van der Waals surface area (Å²) in [5.74, 6) is -1.43. The van der Waals surface area contributed by atoms with Crippen LogP contribution in [-0.2, 0) is 20.7 Å². The van der Waals surface area contributed by atoms with Gasteiger partial charge in [0, 0.05) is 5.56 Å². The van der Waals surface area contributed by atoms with Crippen molar-refractivity contribution in [1.29, 1.82) is 0 Å². The quantitative estimate of drug-likeness (QED) is 0.688. The molecule has 0 saturated heterocycles. The van der Waals surface area contributed by atoms with Crippen molar-refractivity contribution in [1.82, 2.24) is 10.6 Å². The number of hydrogen-bond donors (Lipinski definition) is 2. The Morgan fingerprint density at radius 3 is 2.43 bits per heavy atom. The van der Waals surface area contributed by atoms with Crippen LogP contribution in [0.1, 0.15) is 46.9 Å². The van der Waals surface area contributed by atoms with Gasteiger partial charge in [-0.25, -0.2) is 0 Å². The Balaban J connectivity index is 1.72. The van der Waals surface area contributed by atoms with Gasteiger partial charge in [0.25, 0.3) is 11.8 Å². The zero-order valence-electron chi connectivity index (χ0n) is 16.5. The van der Waals surface area contributed by atoms with Gasteiger partial charge in [-0.2, -0.15) is 0 Å². The smallest absolute Gasteiger partial charge is 0.325 e. The standard InChI is InChI=1S/C22H26N2O4/c1-4-17-8-10-18(11-9-17)16(3)24-20(25)14-28-21(26)13-23-22(27)19-7-5-6-15(2)12-19/h5-12,16H,4,13-14H2,1-3H3,(H,23,27)(H,24,25)/t16-/m0/s1. The van der Waals surface area contributed by atoms with Gasteiger partial charge in [0.15, 0.2) is 6.61 Å². The van der Waals surface area contributed by atoms with Crippen LogP contribution in [0.15, 0.2) is 48.5 Å². The van der Waals surface area contributed by atoms with E-state index in [9.17, 15) is 14.4 Å². The van der Waals surface area contributed by atoms with Crippen LogP contribution in [0.4, 0.5) is 0 Å². The molecule has 148 valence electrons. The molecule has 6 nitrogen and oxygen atoms in total. The number of rotatable bonds is 8. The molecule has 1 atom stereocenters. The lowest BCUT2D eigenvalue weighted by Crippen LogP contribution is -2.34. The predicted octanol–water partition coefficient (Wildman–Crippen LogP) is 2.71. The maximum Gasteiger partial charge on any atom is 0.325 e. The van der Waals surface area contributed by atoms with Gasteiger partial charge in [0.05, 0.1) is 6.04 Å². The van der Waals surface area contributed by atoms with Gasteiger partial charge < -0.3 is 15.4 Å². The van der Waals surface area contributed by atoms with Crippen LogP contribution in [0, 0.1) is 6.92 Å². The van der Waals surface area contributed by atoms with Crippen LogP contribution in [0.5, 0.6) is 0 Å². The molecule has 28 heavy (non-hydrogen) atoms. The molecule has 0 fully saturated rings. The summed E-state index contributed by atoms with van der Waals surface area (Å²) in [6.07, 6.45) is 0.956.